The van der Waals surface area contributed by atoms with E-state index in [4.69, 9.17) is 15.0 Å². The number of hydrogen-bond acceptors (Lipinski definition) is 4. The minimum atomic E-state index is -0.300. The lowest BCUT2D eigenvalue weighted by atomic mass is 9.94. The molecule has 80 valence electrons. The van der Waals surface area contributed by atoms with Crippen LogP contribution in [0.5, 0.6) is 0 Å². The van der Waals surface area contributed by atoms with E-state index in [-0.39, 0.29) is 11.6 Å². The highest BCUT2D eigenvalue weighted by atomic mass is 16.5. The number of nitrogens with one attached hydrogen (secondary N) is 1. The van der Waals surface area contributed by atoms with E-state index in [1.54, 1.807) is 19.6 Å². The fourth-order valence-corrected chi connectivity index (χ4v) is 1.29. The monoisotopic (exact) mass is 198 g/mol. The molecule has 0 bridgehead atoms. The van der Waals surface area contributed by atoms with Crippen LogP contribution in [0.2, 0.25) is 0 Å². The van der Waals surface area contributed by atoms with Crippen molar-refractivity contribution in [2.75, 3.05) is 7.11 Å². The highest BCUT2D eigenvalue weighted by molar-refractivity contribution is 5.09. The predicted octanol–water partition coefficient (Wildman–Crippen LogP) is 1.08. The Hall–Kier alpha value is -0.840. The number of hydrazine groups is 1. The quantitative estimate of drug-likeness (QED) is 0.549. The second-order valence-electron chi connectivity index (χ2n) is 3.86. The first kappa shape index (κ1) is 11.2. The molecule has 3 N–H and O–H groups in total. The molecule has 0 aliphatic rings. The van der Waals surface area contributed by atoms with E-state index < -0.39 is 0 Å². The second kappa shape index (κ2) is 4.59. The van der Waals surface area contributed by atoms with Crippen LogP contribution < -0.4 is 11.3 Å². The first-order valence-electron chi connectivity index (χ1n) is 4.62. The number of nitrogens with two attached hydrogens (primary N) is 1. The molecule has 0 aliphatic carbocycles. The van der Waals surface area contributed by atoms with E-state index in [2.05, 4.69) is 5.43 Å². The third-order valence-corrected chi connectivity index (χ3v) is 2.59. The number of hydrogen-bond donors (Lipinski definition) is 2. The van der Waals surface area contributed by atoms with Gasteiger partial charge in [0, 0.05) is 7.11 Å². The smallest absolute Gasteiger partial charge is 0.0935 e. The number of furan rings is 1. The summed E-state index contributed by atoms with van der Waals surface area (Å²) in [5.41, 5.74) is 3.57. The van der Waals surface area contributed by atoms with Gasteiger partial charge in [-0.05, 0) is 31.9 Å². The first-order chi connectivity index (χ1) is 6.60. The second-order valence-corrected chi connectivity index (χ2v) is 3.86. The number of methoxy groups -OCH3 is 1. The molecule has 1 heterocycles. The van der Waals surface area contributed by atoms with Gasteiger partial charge in [-0.2, -0.15) is 0 Å². The molecule has 0 radical (unpaired) electrons. The van der Waals surface area contributed by atoms with Crippen LogP contribution in [0.3, 0.4) is 0 Å². The molecular weight excluding hydrogens is 180 g/mol. The summed E-state index contributed by atoms with van der Waals surface area (Å²) in [6.07, 6.45) is 4.16. The molecule has 1 aromatic rings. The van der Waals surface area contributed by atoms with Gasteiger partial charge in [0.2, 0.25) is 0 Å². The van der Waals surface area contributed by atoms with Gasteiger partial charge in [0.05, 0.1) is 24.2 Å². The zero-order chi connectivity index (χ0) is 10.6. The van der Waals surface area contributed by atoms with Crippen molar-refractivity contribution in [3.63, 3.8) is 0 Å². The number of rotatable bonds is 5. The van der Waals surface area contributed by atoms with Gasteiger partial charge in [-0.1, -0.05) is 0 Å². The minimum absolute atomic E-state index is 0.0603. The van der Waals surface area contributed by atoms with Gasteiger partial charge in [-0.15, -0.1) is 0 Å². The topological polar surface area (TPSA) is 60.4 Å². The van der Waals surface area contributed by atoms with Crippen LogP contribution >= 0.6 is 0 Å². The van der Waals surface area contributed by atoms with Crippen molar-refractivity contribution in [2.24, 2.45) is 5.84 Å². The Morgan fingerprint density at radius 3 is 2.79 bits per heavy atom. The molecule has 0 fully saturated rings. The zero-order valence-corrected chi connectivity index (χ0v) is 8.91. The van der Waals surface area contributed by atoms with Crippen LogP contribution in [0.15, 0.2) is 23.0 Å². The summed E-state index contributed by atoms with van der Waals surface area (Å²) in [6, 6.07) is 1.99. The summed E-state index contributed by atoms with van der Waals surface area (Å²) in [6.45, 7) is 4.00. The summed E-state index contributed by atoms with van der Waals surface area (Å²) < 4.78 is 10.4. The Labute approximate surface area is 84.4 Å². The van der Waals surface area contributed by atoms with Crippen molar-refractivity contribution in [1.29, 1.82) is 0 Å². The standard InChI is InChI=1S/C10H18N2O2/c1-10(2,13-3)9(12-11)6-8-4-5-14-7-8/h4-5,7,9,12H,6,11H2,1-3H3. The average molecular weight is 198 g/mol. The fourth-order valence-electron chi connectivity index (χ4n) is 1.29. The summed E-state index contributed by atoms with van der Waals surface area (Å²) in [5, 5.41) is 0. The van der Waals surface area contributed by atoms with Gasteiger partial charge >= 0.3 is 0 Å². The maximum atomic E-state index is 5.49. The van der Waals surface area contributed by atoms with Crippen LogP contribution in [0, 0.1) is 0 Å². The van der Waals surface area contributed by atoms with E-state index in [1.165, 1.54) is 0 Å². The minimum Gasteiger partial charge on any atom is -0.472 e. The first-order valence-corrected chi connectivity index (χ1v) is 4.62. The largest absolute Gasteiger partial charge is 0.472 e. The SMILES string of the molecule is COC(C)(C)C(Cc1ccoc1)NN. The van der Waals surface area contributed by atoms with Crippen molar-refractivity contribution in [2.45, 2.75) is 31.9 Å². The predicted molar refractivity (Wildman–Crippen MR) is 54.6 cm³/mol. The lowest BCUT2D eigenvalue weighted by Crippen LogP contribution is -2.52. The van der Waals surface area contributed by atoms with Crippen LogP contribution in [0.1, 0.15) is 19.4 Å². The summed E-state index contributed by atoms with van der Waals surface area (Å²) in [4.78, 5) is 0. The third kappa shape index (κ3) is 2.57. The molecule has 0 spiro atoms. The Bertz CT molecular complexity index is 257. The highest BCUT2D eigenvalue weighted by Crippen LogP contribution is 2.17. The van der Waals surface area contributed by atoms with Gasteiger partial charge in [0.1, 0.15) is 0 Å². The molecular formula is C10H18N2O2. The molecule has 4 nitrogen and oxygen atoms in total. The lowest BCUT2D eigenvalue weighted by molar-refractivity contribution is -0.0101. The maximum absolute atomic E-state index is 5.49. The molecule has 14 heavy (non-hydrogen) atoms. The van der Waals surface area contributed by atoms with Gasteiger partial charge < -0.3 is 9.15 Å². The van der Waals surface area contributed by atoms with Crippen LogP contribution in [-0.4, -0.2) is 18.8 Å². The van der Waals surface area contributed by atoms with Gasteiger partial charge in [-0.3, -0.25) is 11.3 Å². The van der Waals surface area contributed by atoms with Crippen molar-refractivity contribution in [3.05, 3.63) is 24.2 Å². The normalized spacial score (nSPS) is 14.3. The Balaban J connectivity index is 2.64. The van der Waals surface area contributed by atoms with Gasteiger partial charge in [0.15, 0.2) is 0 Å². The molecule has 1 rings (SSSR count). The molecule has 1 aromatic heterocycles. The van der Waals surface area contributed by atoms with Gasteiger partial charge in [-0.25, -0.2) is 0 Å². The van der Waals surface area contributed by atoms with E-state index in [0.29, 0.717) is 0 Å². The Morgan fingerprint density at radius 2 is 2.36 bits per heavy atom. The van der Waals surface area contributed by atoms with Crippen LogP contribution in [0.4, 0.5) is 0 Å². The summed E-state index contributed by atoms with van der Waals surface area (Å²) in [5.74, 6) is 5.49. The van der Waals surface area contributed by atoms with E-state index >= 15 is 0 Å². The third-order valence-electron chi connectivity index (χ3n) is 2.59. The van der Waals surface area contributed by atoms with Crippen LogP contribution in [-0.2, 0) is 11.2 Å². The van der Waals surface area contributed by atoms with Crippen molar-refractivity contribution in [1.82, 2.24) is 5.43 Å². The molecule has 1 unspecified atom stereocenters. The van der Waals surface area contributed by atoms with E-state index in [9.17, 15) is 0 Å². The van der Waals surface area contributed by atoms with Crippen molar-refractivity contribution < 1.29 is 9.15 Å². The van der Waals surface area contributed by atoms with Crippen LogP contribution in [0.25, 0.3) is 0 Å². The lowest BCUT2D eigenvalue weighted by Gasteiger charge is -2.32. The maximum Gasteiger partial charge on any atom is 0.0935 e. The van der Waals surface area contributed by atoms with Crippen molar-refractivity contribution in [3.8, 4) is 0 Å². The van der Waals surface area contributed by atoms with Gasteiger partial charge in [0.25, 0.3) is 0 Å². The molecule has 0 amide bonds. The zero-order valence-electron chi connectivity index (χ0n) is 8.91. The molecule has 0 aromatic carbocycles. The van der Waals surface area contributed by atoms with Crippen molar-refractivity contribution >= 4 is 0 Å². The molecule has 1 atom stereocenters. The molecule has 0 aliphatic heterocycles. The van der Waals surface area contributed by atoms with E-state index in [1.807, 2.05) is 19.9 Å². The molecule has 0 saturated carbocycles. The highest BCUT2D eigenvalue weighted by Gasteiger charge is 2.28. The fraction of sp³-hybridized carbons (Fsp3) is 0.600. The molecule has 4 heteroatoms. The summed E-state index contributed by atoms with van der Waals surface area (Å²) >= 11 is 0. The number of ether oxygens (including phenoxy) is 1. The average Bonchev–Trinajstić information content (AvgIpc) is 2.66. The summed E-state index contributed by atoms with van der Waals surface area (Å²) in [7, 11) is 1.68. The molecule has 0 saturated heterocycles. The van der Waals surface area contributed by atoms with E-state index in [0.717, 1.165) is 12.0 Å². The Morgan fingerprint density at radius 1 is 1.64 bits per heavy atom. The Kier molecular flexibility index (Phi) is 3.69.